The highest BCUT2D eigenvalue weighted by atomic mass is 32.1. The zero-order valence-corrected chi connectivity index (χ0v) is 14.1. The van der Waals surface area contributed by atoms with E-state index in [2.05, 4.69) is 49.7 Å². The van der Waals surface area contributed by atoms with Crippen molar-refractivity contribution in [3.05, 3.63) is 36.0 Å². The third kappa shape index (κ3) is 2.29. The van der Waals surface area contributed by atoms with Crippen molar-refractivity contribution in [1.29, 1.82) is 0 Å². The summed E-state index contributed by atoms with van der Waals surface area (Å²) in [5.74, 6) is 1.13. The zero-order chi connectivity index (χ0) is 15.9. The fraction of sp³-hybridized carbons (Fsp3) is 0.333. The Morgan fingerprint density at radius 3 is 3.04 bits per heavy atom. The van der Waals surface area contributed by atoms with E-state index < -0.39 is 0 Å². The lowest BCUT2D eigenvalue weighted by Crippen LogP contribution is -2.23. The Balaban J connectivity index is 1.61. The Morgan fingerprint density at radius 1 is 1.21 bits per heavy atom. The third-order valence-corrected chi connectivity index (χ3v) is 5.68. The van der Waals surface area contributed by atoms with E-state index in [0.29, 0.717) is 6.04 Å². The fourth-order valence-corrected chi connectivity index (χ4v) is 4.37. The van der Waals surface area contributed by atoms with E-state index >= 15 is 0 Å². The second-order valence-corrected chi connectivity index (χ2v) is 7.39. The molecule has 0 aliphatic heterocycles. The molecule has 1 fully saturated rings. The quantitative estimate of drug-likeness (QED) is 0.570. The number of fused-ring (bicyclic) bond motifs is 2. The lowest BCUT2D eigenvalue weighted by Gasteiger charge is -2.24. The van der Waals surface area contributed by atoms with Gasteiger partial charge in [0.25, 0.3) is 0 Å². The van der Waals surface area contributed by atoms with Gasteiger partial charge in [-0.05, 0) is 25.0 Å². The summed E-state index contributed by atoms with van der Waals surface area (Å²) in [4.78, 5) is 5.93. The molecule has 1 aliphatic carbocycles. The van der Waals surface area contributed by atoms with E-state index in [0.717, 1.165) is 32.9 Å². The summed E-state index contributed by atoms with van der Waals surface area (Å²) >= 11 is 1.68. The first-order valence-electron chi connectivity index (χ1n) is 8.54. The zero-order valence-electron chi connectivity index (χ0n) is 13.3. The molecular weight excluding hydrogens is 318 g/mol. The van der Waals surface area contributed by atoms with Crippen molar-refractivity contribution in [2.75, 3.05) is 5.32 Å². The van der Waals surface area contributed by atoms with E-state index in [1.165, 1.54) is 32.1 Å². The van der Waals surface area contributed by atoms with Crippen LogP contribution in [0.1, 0.15) is 32.1 Å². The molecule has 1 saturated carbocycles. The molecule has 0 amide bonds. The molecule has 0 spiro atoms. The maximum absolute atomic E-state index is 4.89. The number of hydrogen-bond donors (Lipinski definition) is 2. The van der Waals surface area contributed by atoms with Crippen LogP contribution >= 0.6 is 11.3 Å². The molecule has 122 valence electrons. The molecule has 0 bridgehead atoms. The number of aromatic nitrogens is 4. The van der Waals surface area contributed by atoms with E-state index in [1.807, 2.05) is 6.20 Å². The molecule has 3 aromatic heterocycles. The molecule has 1 aliphatic rings. The molecule has 1 aromatic carbocycles. The van der Waals surface area contributed by atoms with Crippen molar-refractivity contribution in [1.82, 2.24) is 19.6 Å². The Hall–Kier alpha value is -2.34. The number of nitrogens with one attached hydrogen (secondary N) is 2. The van der Waals surface area contributed by atoms with Crippen molar-refractivity contribution >= 4 is 33.0 Å². The largest absolute Gasteiger partial charge is 0.367 e. The summed E-state index contributed by atoms with van der Waals surface area (Å²) in [6.45, 7) is 0. The summed E-state index contributed by atoms with van der Waals surface area (Å²) in [6.07, 6.45) is 10.5. The van der Waals surface area contributed by atoms with Gasteiger partial charge in [-0.1, -0.05) is 25.3 Å². The van der Waals surface area contributed by atoms with Gasteiger partial charge in [-0.25, -0.2) is 4.98 Å². The van der Waals surface area contributed by atoms with Gasteiger partial charge in [0.05, 0.1) is 11.7 Å². The smallest absolute Gasteiger partial charge is 0.195 e. The van der Waals surface area contributed by atoms with E-state index in [1.54, 1.807) is 11.3 Å². The van der Waals surface area contributed by atoms with Gasteiger partial charge in [-0.2, -0.15) is 5.10 Å². The van der Waals surface area contributed by atoms with Crippen LogP contribution in [0.2, 0.25) is 0 Å². The van der Waals surface area contributed by atoms with Gasteiger partial charge in [0.2, 0.25) is 0 Å². The SMILES string of the molecule is c1cn2c(NC3CCCCC3)c(-c3ccc4[nH]ncc4c3)nc2s1. The van der Waals surface area contributed by atoms with E-state index in [-0.39, 0.29) is 0 Å². The first-order valence-corrected chi connectivity index (χ1v) is 9.42. The Bertz CT molecular complexity index is 989. The van der Waals surface area contributed by atoms with Gasteiger partial charge >= 0.3 is 0 Å². The number of aromatic amines is 1. The topological polar surface area (TPSA) is 58.0 Å². The number of nitrogens with zero attached hydrogens (tertiary/aromatic N) is 3. The Labute approximate surface area is 143 Å². The minimum atomic E-state index is 0.551. The number of benzene rings is 1. The summed E-state index contributed by atoms with van der Waals surface area (Å²) in [5, 5.41) is 14.1. The molecular formula is C18H19N5S. The van der Waals surface area contributed by atoms with Crippen LogP contribution in [0.3, 0.4) is 0 Å². The molecule has 0 unspecified atom stereocenters. The van der Waals surface area contributed by atoms with Gasteiger partial charge in [0.1, 0.15) is 11.5 Å². The van der Waals surface area contributed by atoms with Crippen molar-refractivity contribution in [2.24, 2.45) is 0 Å². The van der Waals surface area contributed by atoms with Crippen LogP contribution in [0.25, 0.3) is 27.1 Å². The highest BCUT2D eigenvalue weighted by Crippen LogP contribution is 2.34. The molecule has 2 N–H and O–H groups in total. The van der Waals surface area contributed by atoms with Crippen LogP contribution in [0.5, 0.6) is 0 Å². The van der Waals surface area contributed by atoms with Crippen molar-refractivity contribution in [2.45, 2.75) is 38.1 Å². The standard InChI is InChI=1S/C18H19N5S/c1-2-4-14(5-3-1)20-17-16(21-18-23(17)8-9-24-18)12-6-7-15-13(10-12)11-19-22-15/h6-11,14,20H,1-5H2,(H,19,22). The van der Waals surface area contributed by atoms with Crippen molar-refractivity contribution < 1.29 is 0 Å². The molecule has 5 nitrogen and oxygen atoms in total. The second kappa shape index (κ2) is 5.63. The Morgan fingerprint density at radius 2 is 2.12 bits per heavy atom. The van der Waals surface area contributed by atoms with Gasteiger partial charge in [0.15, 0.2) is 4.96 Å². The van der Waals surface area contributed by atoms with Crippen LogP contribution in [-0.4, -0.2) is 25.6 Å². The van der Waals surface area contributed by atoms with Gasteiger partial charge in [-0.3, -0.25) is 9.50 Å². The normalized spacial score (nSPS) is 16.2. The predicted molar refractivity (Wildman–Crippen MR) is 98.7 cm³/mol. The summed E-state index contributed by atoms with van der Waals surface area (Å²) < 4.78 is 2.19. The van der Waals surface area contributed by atoms with Gasteiger partial charge in [-0.15, -0.1) is 11.3 Å². The number of thiazole rings is 1. The monoisotopic (exact) mass is 337 g/mol. The molecule has 0 atom stereocenters. The molecule has 24 heavy (non-hydrogen) atoms. The van der Waals surface area contributed by atoms with Crippen LogP contribution in [0.15, 0.2) is 36.0 Å². The number of H-pyrrole nitrogens is 1. The molecule has 6 heteroatoms. The highest BCUT2D eigenvalue weighted by Gasteiger charge is 2.20. The summed E-state index contributed by atoms with van der Waals surface area (Å²) in [5.41, 5.74) is 3.23. The summed E-state index contributed by atoms with van der Waals surface area (Å²) in [7, 11) is 0. The van der Waals surface area contributed by atoms with Crippen LogP contribution in [-0.2, 0) is 0 Å². The number of hydrogen-bond acceptors (Lipinski definition) is 4. The average Bonchev–Trinajstić information content (AvgIpc) is 3.32. The molecule has 0 saturated heterocycles. The fourth-order valence-electron chi connectivity index (χ4n) is 3.66. The van der Waals surface area contributed by atoms with Crippen LogP contribution < -0.4 is 5.32 Å². The van der Waals surface area contributed by atoms with Gasteiger partial charge in [0, 0.05) is 28.6 Å². The van der Waals surface area contributed by atoms with Gasteiger partial charge < -0.3 is 5.32 Å². The van der Waals surface area contributed by atoms with Crippen LogP contribution in [0.4, 0.5) is 5.82 Å². The number of rotatable bonds is 3. The molecule has 0 radical (unpaired) electrons. The minimum absolute atomic E-state index is 0.551. The molecule has 5 rings (SSSR count). The molecule has 3 heterocycles. The predicted octanol–water partition coefficient (Wildman–Crippen LogP) is 4.68. The highest BCUT2D eigenvalue weighted by molar-refractivity contribution is 7.15. The van der Waals surface area contributed by atoms with E-state index in [4.69, 9.17) is 4.98 Å². The maximum Gasteiger partial charge on any atom is 0.195 e. The summed E-state index contributed by atoms with van der Waals surface area (Å²) in [6, 6.07) is 6.92. The van der Waals surface area contributed by atoms with Crippen LogP contribution in [0, 0.1) is 0 Å². The maximum atomic E-state index is 4.89. The lowest BCUT2D eigenvalue weighted by atomic mass is 9.95. The number of anilines is 1. The second-order valence-electron chi connectivity index (χ2n) is 6.52. The third-order valence-electron chi connectivity index (χ3n) is 4.92. The minimum Gasteiger partial charge on any atom is -0.367 e. The van der Waals surface area contributed by atoms with E-state index in [9.17, 15) is 0 Å². The Kier molecular flexibility index (Phi) is 3.29. The van der Waals surface area contributed by atoms with Crippen molar-refractivity contribution in [3.63, 3.8) is 0 Å². The first-order chi connectivity index (χ1) is 11.9. The first kappa shape index (κ1) is 14.0. The average molecular weight is 337 g/mol. The lowest BCUT2D eigenvalue weighted by molar-refractivity contribution is 0.462. The number of imidazole rings is 1. The molecule has 4 aromatic rings. The van der Waals surface area contributed by atoms with Crippen molar-refractivity contribution in [3.8, 4) is 11.3 Å².